The molecule has 5 aromatic rings. The first-order valence-electron chi connectivity index (χ1n) is 11.1. The molecule has 0 saturated carbocycles. The van der Waals surface area contributed by atoms with Gasteiger partial charge in [-0.05, 0) is 28.8 Å². The van der Waals surface area contributed by atoms with Crippen LogP contribution in [0.25, 0.3) is 22.3 Å². The number of nitrogens with zero attached hydrogens (tertiary/aromatic N) is 6. The molecule has 6 rings (SSSR count). The molecule has 192 valence electrons. The molecule has 0 radical (unpaired) electrons. The van der Waals surface area contributed by atoms with Crippen molar-refractivity contribution in [1.82, 2.24) is 34.8 Å². The first kappa shape index (κ1) is 27.9. The van der Waals surface area contributed by atoms with E-state index in [4.69, 9.17) is 0 Å². The summed E-state index contributed by atoms with van der Waals surface area (Å²) in [4.78, 5) is 40.7. The number of carbonyl (C=O) groups is 1. The van der Waals surface area contributed by atoms with Gasteiger partial charge in [0.05, 0.1) is 24.9 Å². The molecule has 0 bridgehead atoms. The number of aromatic nitrogens is 6. The first-order valence-corrected chi connectivity index (χ1v) is 11.1. The highest BCUT2D eigenvalue weighted by molar-refractivity contribution is 6.02. The van der Waals surface area contributed by atoms with Crippen molar-refractivity contribution in [1.29, 1.82) is 0 Å². The summed E-state index contributed by atoms with van der Waals surface area (Å²) < 4.78 is 0. The summed E-state index contributed by atoms with van der Waals surface area (Å²) >= 11 is 0. The van der Waals surface area contributed by atoms with Crippen LogP contribution in [0.5, 0.6) is 0 Å². The van der Waals surface area contributed by atoms with Gasteiger partial charge in [0.15, 0.2) is 11.3 Å². The molecule has 37 heavy (non-hydrogen) atoms. The van der Waals surface area contributed by atoms with Crippen LogP contribution in [0.3, 0.4) is 0 Å². The average molecular weight is 560 g/mol. The SMILES string of the molecule is Cl.Cl.Cl.O=C(c1ncnc2nc[nH]c12)N1CCN(Cc2cnc[nH]2)c2ccc(-c3ccccc3)cc2C1. The molecule has 0 spiro atoms. The van der Waals surface area contributed by atoms with Crippen LogP contribution in [0.2, 0.25) is 0 Å². The number of imidazole rings is 2. The number of rotatable bonds is 4. The molecule has 0 saturated heterocycles. The molecule has 2 aromatic carbocycles. The Hall–Kier alpha value is -3.66. The van der Waals surface area contributed by atoms with E-state index in [-0.39, 0.29) is 43.1 Å². The quantitative estimate of drug-likeness (QED) is 0.331. The van der Waals surface area contributed by atoms with E-state index in [0.717, 1.165) is 28.1 Å². The molecule has 1 aliphatic rings. The fourth-order valence-corrected chi connectivity index (χ4v) is 4.47. The number of H-pyrrole nitrogens is 2. The van der Waals surface area contributed by atoms with Crippen molar-refractivity contribution in [2.24, 2.45) is 0 Å². The molecule has 0 aliphatic carbocycles. The predicted molar refractivity (Wildman–Crippen MR) is 150 cm³/mol. The third-order valence-corrected chi connectivity index (χ3v) is 6.16. The minimum absolute atomic E-state index is 0. The van der Waals surface area contributed by atoms with E-state index in [1.165, 1.54) is 12.7 Å². The minimum Gasteiger partial charge on any atom is -0.364 e. The van der Waals surface area contributed by atoms with Crippen LogP contribution in [-0.4, -0.2) is 53.8 Å². The van der Waals surface area contributed by atoms with Crippen molar-refractivity contribution in [3.63, 3.8) is 0 Å². The normalized spacial score (nSPS) is 12.5. The maximum absolute atomic E-state index is 13.6. The van der Waals surface area contributed by atoms with Gasteiger partial charge >= 0.3 is 0 Å². The molecule has 3 aromatic heterocycles. The Morgan fingerprint density at radius 1 is 0.892 bits per heavy atom. The summed E-state index contributed by atoms with van der Waals surface area (Å²) in [7, 11) is 0. The van der Waals surface area contributed by atoms with Gasteiger partial charge in [-0.15, -0.1) is 37.2 Å². The Morgan fingerprint density at radius 2 is 1.73 bits per heavy atom. The lowest BCUT2D eigenvalue weighted by atomic mass is 10.0. The summed E-state index contributed by atoms with van der Waals surface area (Å²) in [5, 5.41) is 0. The Morgan fingerprint density at radius 3 is 2.51 bits per heavy atom. The number of fused-ring (bicyclic) bond motifs is 2. The van der Waals surface area contributed by atoms with Gasteiger partial charge in [0, 0.05) is 31.5 Å². The number of benzene rings is 2. The fraction of sp³-hybridized carbons (Fsp3) is 0.160. The topological polar surface area (TPSA) is 107 Å². The van der Waals surface area contributed by atoms with E-state index in [0.29, 0.717) is 43.0 Å². The van der Waals surface area contributed by atoms with Crippen LogP contribution in [0.1, 0.15) is 21.7 Å². The van der Waals surface area contributed by atoms with Crippen molar-refractivity contribution in [3.8, 4) is 11.1 Å². The van der Waals surface area contributed by atoms with E-state index in [2.05, 4.69) is 65.1 Å². The molecular formula is C25H25Cl3N8O. The summed E-state index contributed by atoms with van der Waals surface area (Å²) in [5.41, 5.74) is 6.86. The zero-order valence-electron chi connectivity index (χ0n) is 19.6. The van der Waals surface area contributed by atoms with E-state index < -0.39 is 0 Å². The van der Waals surface area contributed by atoms with Crippen molar-refractivity contribution in [2.75, 3.05) is 18.0 Å². The van der Waals surface area contributed by atoms with E-state index in [1.54, 1.807) is 6.33 Å². The van der Waals surface area contributed by atoms with Gasteiger partial charge in [-0.1, -0.05) is 36.4 Å². The van der Waals surface area contributed by atoms with Gasteiger partial charge in [-0.3, -0.25) is 4.79 Å². The van der Waals surface area contributed by atoms with Crippen LogP contribution in [0.15, 0.2) is 73.7 Å². The fourth-order valence-electron chi connectivity index (χ4n) is 4.47. The number of amides is 1. The summed E-state index contributed by atoms with van der Waals surface area (Å²) in [6.45, 7) is 2.40. The molecule has 0 unspecified atom stereocenters. The molecule has 9 nitrogen and oxygen atoms in total. The molecule has 0 fully saturated rings. The predicted octanol–water partition coefficient (Wildman–Crippen LogP) is 4.67. The number of nitrogens with one attached hydrogen (secondary N) is 2. The average Bonchev–Trinajstić information content (AvgIpc) is 3.54. The van der Waals surface area contributed by atoms with Crippen LogP contribution >= 0.6 is 37.2 Å². The largest absolute Gasteiger partial charge is 0.364 e. The van der Waals surface area contributed by atoms with E-state index in [9.17, 15) is 4.79 Å². The third-order valence-electron chi connectivity index (χ3n) is 6.16. The molecule has 1 aliphatic heterocycles. The van der Waals surface area contributed by atoms with Gasteiger partial charge in [0.1, 0.15) is 11.8 Å². The van der Waals surface area contributed by atoms with Crippen molar-refractivity contribution >= 4 is 60.0 Å². The second-order valence-corrected chi connectivity index (χ2v) is 8.26. The Kier molecular flexibility index (Phi) is 9.09. The zero-order chi connectivity index (χ0) is 22.9. The van der Waals surface area contributed by atoms with Crippen LogP contribution in [-0.2, 0) is 13.1 Å². The van der Waals surface area contributed by atoms with Crippen LogP contribution in [0.4, 0.5) is 5.69 Å². The second-order valence-electron chi connectivity index (χ2n) is 8.26. The van der Waals surface area contributed by atoms with Gasteiger partial charge in [0.2, 0.25) is 0 Å². The lowest BCUT2D eigenvalue weighted by Crippen LogP contribution is -2.35. The van der Waals surface area contributed by atoms with Crippen molar-refractivity contribution < 1.29 is 4.79 Å². The minimum atomic E-state index is -0.142. The van der Waals surface area contributed by atoms with E-state index >= 15 is 0 Å². The van der Waals surface area contributed by atoms with Crippen LogP contribution in [0, 0.1) is 0 Å². The lowest BCUT2D eigenvalue weighted by molar-refractivity contribution is 0.0747. The number of hydrogen-bond acceptors (Lipinski definition) is 6. The van der Waals surface area contributed by atoms with Crippen molar-refractivity contribution in [3.05, 3.63) is 90.7 Å². The third kappa shape index (κ3) is 5.53. The highest BCUT2D eigenvalue weighted by Gasteiger charge is 2.27. The lowest BCUT2D eigenvalue weighted by Gasteiger charge is -2.24. The number of hydrogen-bond donors (Lipinski definition) is 2. The van der Waals surface area contributed by atoms with Gasteiger partial charge in [0.25, 0.3) is 5.91 Å². The van der Waals surface area contributed by atoms with Gasteiger partial charge < -0.3 is 19.8 Å². The number of carbonyl (C=O) groups excluding carboxylic acids is 1. The highest BCUT2D eigenvalue weighted by Crippen LogP contribution is 2.32. The number of anilines is 1. The maximum atomic E-state index is 13.6. The molecular weight excluding hydrogens is 535 g/mol. The standard InChI is InChI=1S/C25H22N8O.3ClH/c34-25(23-22-24(30-15-28-22)31-16-29-23)33-9-8-32(13-20-11-26-14-27-20)21-7-6-18(10-19(21)12-33)17-4-2-1-3-5-17;;;/h1-7,10-11,14-16H,8-9,12-13H2,(H,26,27)(H,28,29,30,31);3*1H. The Bertz CT molecular complexity index is 1460. The maximum Gasteiger partial charge on any atom is 0.275 e. The Labute approximate surface area is 232 Å². The first-order chi connectivity index (χ1) is 16.8. The zero-order valence-corrected chi connectivity index (χ0v) is 22.0. The molecule has 12 heteroatoms. The van der Waals surface area contributed by atoms with Gasteiger partial charge in [-0.25, -0.2) is 19.9 Å². The smallest absolute Gasteiger partial charge is 0.275 e. The van der Waals surface area contributed by atoms with Crippen LogP contribution < -0.4 is 4.90 Å². The summed E-state index contributed by atoms with van der Waals surface area (Å²) in [6, 6.07) is 16.8. The summed E-state index contributed by atoms with van der Waals surface area (Å²) in [6.07, 6.45) is 6.45. The number of halogens is 3. The van der Waals surface area contributed by atoms with Crippen molar-refractivity contribution in [2.45, 2.75) is 13.1 Å². The molecule has 0 atom stereocenters. The monoisotopic (exact) mass is 558 g/mol. The Balaban J connectivity index is 0.00000127. The molecule has 1 amide bonds. The number of aromatic amines is 2. The molecule has 2 N–H and O–H groups in total. The summed E-state index contributed by atoms with van der Waals surface area (Å²) in [5.74, 6) is -0.142. The van der Waals surface area contributed by atoms with Gasteiger partial charge in [-0.2, -0.15) is 0 Å². The van der Waals surface area contributed by atoms with E-state index in [1.807, 2.05) is 29.3 Å². The highest BCUT2D eigenvalue weighted by atomic mass is 35.5. The second kappa shape index (κ2) is 12.1. The molecule has 4 heterocycles.